The van der Waals surface area contributed by atoms with Gasteiger partial charge in [-0.2, -0.15) is 0 Å². The summed E-state index contributed by atoms with van der Waals surface area (Å²) in [6.45, 7) is 5.43. The number of nitrogens with one attached hydrogen (secondary N) is 2. The molecule has 0 saturated carbocycles. The van der Waals surface area contributed by atoms with Crippen molar-refractivity contribution in [1.82, 2.24) is 20.7 Å². The normalized spacial score (nSPS) is 26.0. The van der Waals surface area contributed by atoms with E-state index in [1.165, 1.54) is 0 Å². The van der Waals surface area contributed by atoms with Crippen molar-refractivity contribution >= 4 is 6.03 Å². The van der Waals surface area contributed by atoms with Gasteiger partial charge < -0.3 is 10.6 Å². The smallest absolute Gasteiger partial charge is 0.332 e. The molecule has 0 bridgehead atoms. The number of hydrazine groups is 1. The fraction of sp³-hybridized carbons (Fsp3) is 0.857. The number of carbonyl (C=O) groups is 1. The van der Waals surface area contributed by atoms with Crippen molar-refractivity contribution in [3.8, 4) is 0 Å². The van der Waals surface area contributed by atoms with E-state index in [4.69, 9.17) is 0 Å². The van der Waals surface area contributed by atoms with Gasteiger partial charge in [-0.15, -0.1) is 0 Å². The second kappa shape index (κ2) is 3.28. The number of amides is 2. The zero-order chi connectivity index (χ0) is 8.39. The fourth-order valence-electron chi connectivity index (χ4n) is 1.63. The second-order valence-electron chi connectivity index (χ2n) is 3.06. The van der Waals surface area contributed by atoms with Gasteiger partial charge in [-0.3, -0.25) is 5.01 Å². The molecule has 12 heavy (non-hydrogen) atoms. The third-order valence-electron chi connectivity index (χ3n) is 2.27. The van der Waals surface area contributed by atoms with Crippen LogP contribution in [0.4, 0.5) is 4.79 Å². The molecular weight excluding hydrogens is 156 g/mol. The molecule has 5 nitrogen and oxygen atoms in total. The Labute approximate surface area is 71.7 Å². The molecule has 0 unspecified atom stereocenters. The third kappa shape index (κ3) is 1.37. The zero-order valence-corrected chi connectivity index (χ0v) is 7.05. The van der Waals surface area contributed by atoms with Gasteiger partial charge in [0.15, 0.2) is 0 Å². The Hall–Kier alpha value is -0.810. The highest BCUT2D eigenvalue weighted by molar-refractivity contribution is 5.75. The average molecular weight is 170 g/mol. The molecule has 5 heteroatoms. The van der Waals surface area contributed by atoms with E-state index in [1.54, 1.807) is 5.01 Å². The van der Waals surface area contributed by atoms with E-state index in [-0.39, 0.29) is 6.03 Å². The van der Waals surface area contributed by atoms with Crippen LogP contribution in [0.25, 0.3) is 0 Å². The topological polar surface area (TPSA) is 47.6 Å². The number of carbonyl (C=O) groups excluding carboxylic acids is 1. The largest absolute Gasteiger partial charge is 0.335 e. The van der Waals surface area contributed by atoms with Gasteiger partial charge >= 0.3 is 6.03 Å². The van der Waals surface area contributed by atoms with Crippen LogP contribution in [0.2, 0.25) is 0 Å². The molecular formula is C7H14N4O. The summed E-state index contributed by atoms with van der Waals surface area (Å²) < 4.78 is 0. The van der Waals surface area contributed by atoms with Crippen LogP contribution >= 0.6 is 0 Å². The van der Waals surface area contributed by atoms with Gasteiger partial charge in [0.25, 0.3) is 0 Å². The predicted octanol–water partition coefficient (Wildman–Crippen LogP) is -1.17. The molecule has 68 valence electrons. The molecule has 2 aliphatic rings. The first-order chi connectivity index (χ1) is 5.88. The van der Waals surface area contributed by atoms with Gasteiger partial charge in [0.05, 0.1) is 6.54 Å². The molecule has 0 aliphatic carbocycles. The SMILES string of the molecule is O=C1NCCN1N1CCNCC1. The van der Waals surface area contributed by atoms with Crippen LogP contribution < -0.4 is 10.6 Å². The highest BCUT2D eigenvalue weighted by Crippen LogP contribution is 2.03. The number of urea groups is 1. The lowest BCUT2D eigenvalue weighted by Gasteiger charge is -2.33. The summed E-state index contributed by atoms with van der Waals surface area (Å²) in [6.07, 6.45) is 0. The molecule has 2 fully saturated rings. The Morgan fingerprint density at radius 3 is 2.42 bits per heavy atom. The maximum Gasteiger partial charge on any atom is 0.332 e. The van der Waals surface area contributed by atoms with Gasteiger partial charge in [0, 0.05) is 32.7 Å². The van der Waals surface area contributed by atoms with Crippen LogP contribution in [0.15, 0.2) is 0 Å². The summed E-state index contributed by atoms with van der Waals surface area (Å²) in [4.78, 5) is 11.2. The summed E-state index contributed by atoms with van der Waals surface area (Å²) in [7, 11) is 0. The molecule has 0 radical (unpaired) electrons. The number of piperazine rings is 1. The van der Waals surface area contributed by atoms with Crippen molar-refractivity contribution in [3.05, 3.63) is 0 Å². The Morgan fingerprint density at radius 1 is 1.08 bits per heavy atom. The molecule has 2 saturated heterocycles. The Balaban J connectivity index is 1.93. The molecule has 0 spiro atoms. The number of nitrogens with zero attached hydrogens (tertiary/aromatic N) is 2. The van der Waals surface area contributed by atoms with Crippen LogP contribution in [0, 0.1) is 0 Å². The fourth-order valence-corrected chi connectivity index (χ4v) is 1.63. The van der Waals surface area contributed by atoms with E-state index in [2.05, 4.69) is 15.6 Å². The minimum absolute atomic E-state index is 0.0527. The maximum absolute atomic E-state index is 11.2. The number of rotatable bonds is 1. The van der Waals surface area contributed by atoms with Crippen LogP contribution in [0.1, 0.15) is 0 Å². The lowest BCUT2D eigenvalue weighted by molar-refractivity contribution is 0.0215. The van der Waals surface area contributed by atoms with Crippen LogP contribution in [-0.2, 0) is 0 Å². The van der Waals surface area contributed by atoms with Crippen molar-refractivity contribution in [2.75, 3.05) is 39.3 Å². The summed E-state index contributed by atoms with van der Waals surface area (Å²) in [5, 5.41) is 9.96. The summed E-state index contributed by atoms with van der Waals surface area (Å²) >= 11 is 0. The first kappa shape index (κ1) is 7.82. The van der Waals surface area contributed by atoms with Crippen molar-refractivity contribution in [1.29, 1.82) is 0 Å². The first-order valence-corrected chi connectivity index (χ1v) is 4.39. The highest BCUT2D eigenvalue weighted by atomic mass is 16.2. The molecule has 0 aromatic rings. The van der Waals surface area contributed by atoms with Crippen molar-refractivity contribution < 1.29 is 4.79 Å². The highest BCUT2D eigenvalue weighted by Gasteiger charge is 2.26. The van der Waals surface area contributed by atoms with Gasteiger partial charge in [0.1, 0.15) is 0 Å². The summed E-state index contributed by atoms with van der Waals surface area (Å²) in [5.74, 6) is 0. The second-order valence-corrected chi connectivity index (χ2v) is 3.06. The first-order valence-electron chi connectivity index (χ1n) is 4.39. The molecule has 2 heterocycles. The van der Waals surface area contributed by atoms with E-state index in [0.717, 1.165) is 39.3 Å². The monoisotopic (exact) mass is 170 g/mol. The quantitative estimate of drug-likeness (QED) is 0.521. The van der Waals surface area contributed by atoms with E-state index < -0.39 is 0 Å². The average Bonchev–Trinajstić information content (AvgIpc) is 2.53. The van der Waals surface area contributed by atoms with E-state index >= 15 is 0 Å². The van der Waals surface area contributed by atoms with Crippen LogP contribution in [-0.4, -0.2) is 55.3 Å². The molecule has 2 N–H and O–H groups in total. The molecule has 2 rings (SSSR count). The molecule has 0 aromatic heterocycles. The van der Waals surface area contributed by atoms with E-state index in [1.807, 2.05) is 0 Å². The van der Waals surface area contributed by atoms with Crippen molar-refractivity contribution in [2.45, 2.75) is 0 Å². The minimum atomic E-state index is 0.0527. The van der Waals surface area contributed by atoms with Gasteiger partial charge in [-0.05, 0) is 0 Å². The Morgan fingerprint density at radius 2 is 1.83 bits per heavy atom. The lowest BCUT2D eigenvalue weighted by atomic mass is 10.4. The Kier molecular flexibility index (Phi) is 2.14. The Bertz CT molecular complexity index is 178. The molecule has 2 amide bonds. The van der Waals surface area contributed by atoms with Crippen LogP contribution in [0.3, 0.4) is 0 Å². The standard InChI is InChI=1S/C7H14N4O/c12-7-9-3-6-11(7)10-4-1-8-2-5-10/h8H,1-6H2,(H,9,12). The van der Waals surface area contributed by atoms with E-state index in [0.29, 0.717) is 0 Å². The molecule has 0 aromatic carbocycles. The van der Waals surface area contributed by atoms with Gasteiger partial charge in [0.2, 0.25) is 0 Å². The summed E-state index contributed by atoms with van der Waals surface area (Å²) in [5.41, 5.74) is 0. The van der Waals surface area contributed by atoms with E-state index in [9.17, 15) is 4.79 Å². The molecule has 2 aliphatic heterocycles. The van der Waals surface area contributed by atoms with Gasteiger partial charge in [-0.25, -0.2) is 9.80 Å². The zero-order valence-electron chi connectivity index (χ0n) is 7.05. The number of hydrogen-bond acceptors (Lipinski definition) is 3. The maximum atomic E-state index is 11.2. The molecule has 0 atom stereocenters. The van der Waals surface area contributed by atoms with Crippen LogP contribution in [0.5, 0.6) is 0 Å². The number of hydrogen-bond donors (Lipinski definition) is 2. The summed E-state index contributed by atoms with van der Waals surface area (Å²) in [6, 6.07) is 0.0527. The minimum Gasteiger partial charge on any atom is -0.335 e. The third-order valence-corrected chi connectivity index (χ3v) is 2.27. The van der Waals surface area contributed by atoms with Gasteiger partial charge in [-0.1, -0.05) is 0 Å². The predicted molar refractivity (Wildman–Crippen MR) is 44.5 cm³/mol. The van der Waals surface area contributed by atoms with Crippen molar-refractivity contribution in [3.63, 3.8) is 0 Å². The lowest BCUT2D eigenvalue weighted by Crippen LogP contribution is -2.53. The van der Waals surface area contributed by atoms with Crippen molar-refractivity contribution in [2.24, 2.45) is 0 Å².